The lowest BCUT2D eigenvalue weighted by Gasteiger charge is -2.47. The Balaban J connectivity index is 2.19. The molecule has 0 radical (unpaired) electrons. The lowest BCUT2D eigenvalue weighted by atomic mass is 9.58. The molecule has 0 amide bonds. The number of nitriles is 1. The second-order valence-electron chi connectivity index (χ2n) is 8.30. The van der Waals surface area contributed by atoms with E-state index < -0.39 is 11.0 Å². The highest BCUT2D eigenvalue weighted by Crippen LogP contribution is 2.59. The molecule has 1 N–H and O–H groups in total. The molecule has 0 aromatic rings. The Morgan fingerprint density at radius 1 is 1.25 bits per heavy atom. The predicted octanol–water partition coefficient (Wildman–Crippen LogP) is 4.67. The Kier molecular flexibility index (Phi) is 4.22. The van der Waals surface area contributed by atoms with E-state index in [1.807, 2.05) is 0 Å². The third-order valence-corrected chi connectivity index (χ3v) is 6.12. The molecule has 0 spiro atoms. The molecule has 2 nitrogen and oxygen atoms in total. The molecule has 2 saturated carbocycles. The van der Waals surface area contributed by atoms with Gasteiger partial charge in [0.05, 0.1) is 17.1 Å². The van der Waals surface area contributed by atoms with E-state index in [2.05, 4.69) is 33.8 Å². The topological polar surface area (TPSA) is 44.0 Å². The van der Waals surface area contributed by atoms with Crippen molar-refractivity contribution in [3.8, 4) is 6.07 Å². The number of nitrogens with zero attached hydrogens (tertiary/aromatic N) is 1. The van der Waals surface area contributed by atoms with Gasteiger partial charge >= 0.3 is 0 Å². The van der Waals surface area contributed by atoms with Gasteiger partial charge in [0.1, 0.15) is 0 Å². The van der Waals surface area contributed by atoms with Crippen LogP contribution < -0.4 is 0 Å². The minimum absolute atomic E-state index is 0.165. The highest BCUT2D eigenvalue weighted by Gasteiger charge is 2.60. The first-order valence-electron chi connectivity index (χ1n) is 8.42. The maximum Gasteiger partial charge on any atom is 0.0863 e. The summed E-state index contributed by atoms with van der Waals surface area (Å²) in [6.45, 7) is 8.84. The van der Waals surface area contributed by atoms with Crippen molar-refractivity contribution >= 4 is 0 Å². The van der Waals surface area contributed by atoms with Crippen LogP contribution in [0.1, 0.15) is 79.1 Å². The van der Waals surface area contributed by atoms with Gasteiger partial charge in [0.25, 0.3) is 0 Å². The SMILES string of the molecule is CCCC1CCC(C#N)(C2(O)CC(C)(C)CC2C)CC1. The molecule has 2 aliphatic carbocycles. The van der Waals surface area contributed by atoms with Crippen LogP contribution in [-0.4, -0.2) is 10.7 Å². The number of rotatable bonds is 3. The van der Waals surface area contributed by atoms with E-state index in [0.717, 1.165) is 44.4 Å². The quantitative estimate of drug-likeness (QED) is 0.814. The van der Waals surface area contributed by atoms with Gasteiger partial charge in [0.15, 0.2) is 0 Å². The average molecular weight is 277 g/mol. The van der Waals surface area contributed by atoms with Crippen molar-refractivity contribution in [2.24, 2.45) is 22.7 Å². The molecule has 2 atom stereocenters. The maximum atomic E-state index is 11.4. The molecule has 2 aliphatic rings. The van der Waals surface area contributed by atoms with Crippen molar-refractivity contribution in [2.75, 3.05) is 0 Å². The molecule has 2 rings (SSSR count). The van der Waals surface area contributed by atoms with E-state index in [1.54, 1.807) is 0 Å². The Labute approximate surface area is 124 Å². The van der Waals surface area contributed by atoms with Crippen molar-refractivity contribution in [3.63, 3.8) is 0 Å². The van der Waals surface area contributed by atoms with Crippen LogP contribution in [0, 0.1) is 34.0 Å². The van der Waals surface area contributed by atoms with Crippen LogP contribution in [0.3, 0.4) is 0 Å². The summed E-state index contributed by atoms with van der Waals surface area (Å²) in [5.41, 5.74) is -1.11. The molecular formula is C18H31NO. The van der Waals surface area contributed by atoms with Gasteiger partial charge in [-0.1, -0.05) is 40.5 Å². The Hall–Kier alpha value is -0.550. The Bertz CT molecular complexity index is 387. The van der Waals surface area contributed by atoms with Crippen molar-refractivity contribution in [2.45, 2.75) is 84.7 Å². The van der Waals surface area contributed by atoms with Gasteiger partial charge in [-0.2, -0.15) is 5.26 Å². The van der Waals surface area contributed by atoms with E-state index in [9.17, 15) is 10.4 Å². The minimum atomic E-state index is -0.775. The molecular weight excluding hydrogens is 246 g/mol. The summed E-state index contributed by atoms with van der Waals surface area (Å²) in [7, 11) is 0. The zero-order valence-electron chi connectivity index (χ0n) is 13.7. The monoisotopic (exact) mass is 277 g/mol. The molecule has 0 aliphatic heterocycles. The molecule has 2 unspecified atom stereocenters. The van der Waals surface area contributed by atoms with Gasteiger partial charge in [-0.25, -0.2) is 0 Å². The van der Waals surface area contributed by atoms with E-state index in [0.29, 0.717) is 0 Å². The fraction of sp³-hybridized carbons (Fsp3) is 0.944. The summed E-state index contributed by atoms with van der Waals surface area (Å²) in [6, 6.07) is 2.58. The van der Waals surface area contributed by atoms with Crippen LogP contribution in [0.5, 0.6) is 0 Å². The van der Waals surface area contributed by atoms with Crippen molar-refractivity contribution < 1.29 is 5.11 Å². The maximum absolute atomic E-state index is 11.4. The van der Waals surface area contributed by atoms with Crippen LogP contribution in [0.15, 0.2) is 0 Å². The van der Waals surface area contributed by atoms with E-state index >= 15 is 0 Å². The molecule has 114 valence electrons. The molecule has 20 heavy (non-hydrogen) atoms. The molecule has 0 saturated heterocycles. The van der Waals surface area contributed by atoms with Crippen molar-refractivity contribution in [1.29, 1.82) is 5.26 Å². The molecule has 0 aromatic heterocycles. The van der Waals surface area contributed by atoms with Gasteiger partial charge in [0, 0.05) is 0 Å². The van der Waals surface area contributed by atoms with Gasteiger partial charge in [0.2, 0.25) is 0 Å². The van der Waals surface area contributed by atoms with Crippen LogP contribution in [0.25, 0.3) is 0 Å². The fourth-order valence-corrected chi connectivity index (χ4v) is 5.12. The summed E-state index contributed by atoms with van der Waals surface area (Å²) < 4.78 is 0. The first-order valence-corrected chi connectivity index (χ1v) is 8.42. The average Bonchev–Trinajstić information content (AvgIpc) is 2.60. The van der Waals surface area contributed by atoms with Crippen LogP contribution in [0.4, 0.5) is 0 Å². The molecule has 2 heteroatoms. The Morgan fingerprint density at radius 3 is 2.25 bits per heavy atom. The molecule has 0 aromatic carbocycles. The number of aliphatic hydroxyl groups is 1. The fourth-order valence-electron chi connectivity index (χ4n) is 5.12. The van der Waals surface area contributed by atoms with E-state index in [1.165, 1.54) is 12.8 Å². The summed E-state index contributed by atoms with van der Waals surface area (Å²) in [5, 5.41) is 21.2. The van der Waals surface area contributed by atoms with Crippen LogP contribution in [0.2, 0.25) is 0 Å². The highest BCUT2D eigenvalue weighted by atomic mass is 16.3. The van der Waals surface area contributed by atoms with E-state index in [4.69, 9.17) is 0 Å². The molecule has 2 fully saturated rings. The standard InChI is InChI=1S/C18H31NO/c1-5-6-15-7-9-17(13-19,10-8-15)18(20)12-16(3,4)11-14(18)2/h14-15,20H,5-12H2,1-4H3. The third kappa shape index (κ3) is 2.50. The summed E-state index contributed by atoms with van der Waals surface area (Å²) in [5.74, 6) is 1.01. The van der Waals surface area contributed by atoms with Crippen molar-refractivity contribution in [1.82, 2.24) is 0 Å². The first-order chi connectivity index (χ1) is 9.28. The van der Waals surface area contributed by atoms with Crippen LogP contribution in [-0.2, 0) is 0 Å². The van der Waals surface area contributed by atoms with Gasteiger partial charge in [-0.05, 0) is 55.8 Å². The lowest BCUT2D eigenvalue weighted by Crippen LogP contribution is -2.51. The number of hydrogen-bond acceptors (Lipinski definition) is 2. The molecule has 0 bridgehead atoms. The largest absolute Gasteiger partial charge is 0.388 e. The van der Waals surface area contributed by atoms with Crippen LogP contribution >= 0.6 is 0 Å². The van der Waals surface area contributed by atoms with Gasteiger partial charge < -0.3 is 5.11 Å². The van der Waals surface area contributed by atoms with Gasteiger partial charge in [-0.15, -0.1) is 0 Å². The third-order valence-electron chi connectivity index (χ3n) is 6.12. The predicted molar refractivity (Wildman–Crippen MR) is 82.0 cm³/mol. The minimum Gasteiger partial charge on any atom is -0.388 e. The summed E-state index contributed by atoms with van der Waals surface area (Å²) in [6.07, 6.45) is 8.36. The summed E-state index contributed by atoms with van der Waals surface area (Å²) in [4.78, 5) is 0. The summed E-state index contributed by atoms with van der Waals surface area (Å²) >= 11 is 0. The second kappa shape index (κ2) is 5.34. The zero-order valence-corrected chi connectivity index (χ0v) is 13.7. The Morgan fingerprint density at radius 2 is 1.85 bits per heavy atom. The van der Waals surface area contributed by atoms with E-state index in [-0.39, 0.29) is 11.3 Å². The van der Waals surface area contributed by atoms with Crippen molar-refractivity contribution in [3.05, 3.63) is 0 Å². The lowest BCUT2D eigenvalue weighted by molar-refractivity contribution is -0.104. The zero-order chi connectivity index (χ0) is 15.0. The highest BCUT2D eigenvalue weighted by molar-refractivity contribution is 5.18. The normalized spacial score (nSPS) is 44.2. The smallest absolute Gasteiger partial charge is 0.0863 e. The second-order valence-corrected chi connectivity index (χ2v) is 8.30. The van der Waals surface area contributed by atoms with Gasteiger partial charge in [-0.3, -0.25) is 0 Å². The molecule has 0 heterocycles. The number of hydrogen-bond donors (Lipinski definition) is 1. The first kappa shape index (κ1) is 15.8.